The molecule has 2 N–H and O–H groups in total. The second-order valence-electron chi connectivity index (χ2n) is 5.60. The SMILES string of the molecule is CCC(N)c1ccc(OC2CCCC(C)C2)cc1. The zero-order valence-electron chi connectivity index (χ0n) is 11.6. The summed E-state index contributed by atoms with van der Waals surface area (Å²) in [6, 6.07) is 8.45. The third-order valence-electron chi connectivity index (χ3n) is 3.94. The monoisotopic (exact) mass is 247 g/mol. The van der Waals surface area contributed by atoms with Crippen molar-refractivity contribution in [2.45, 2.75) is 58.1 Å². The molecule has 2 heteroatoms. The number of hydrogen-bond donors (Lipinski definition) is 1. The first kappa shape index (κ1) is 13.4. The van der Waals surface area contributed by atoms with Crippen molar-refractivity contribution < 1.29 is 4.74 Å². The molecule has 100 valence electrons. The minimum atomic E-state index is 0.147. The third kappa shape index (κ3) is 3.49. The molecule has 18 heavy (non-hydrogen) atoms. The summed E-state index contributed by atoms with van der Waals surface area (Å²) in [5.74, 6) is 1.79. The van der Waals surface area contributed by atoms with Crippen molar-refractivity contribution in [3.63, 3.8) is 0 Å². The van der Waals surface area contributed by atoms with E-state index in [-0.39, 0.29) is 6.04 Å². The van der Waals surface area contributed by atoms with Crippen LogP contribution in [0, 0.1) is 5.92 Å². The fraction of sp³-hybridized carbons (Fsp3) is 0.625. The molecule has 0 aromatic heterocycles. The lowest BCUT2D eigenvalue weighted by atomic mass is 9.89. The normalized spacial score (nSPS) is 25.7. The van der Waals surface area contributed by atoms with Gasteiger partial charge in [-0.3, -0.25) is 0 Å². The minimum absolute atomic E-state index is 0.147. The van der Waals surface area contributed by atoms with E-state index in [0.29, 0.717) is 6.10 Å². The highest BCUT2D eigenvalue weighted by Gasteiger charge is 2.20. The fourth-order valence-electron chi connectivity index (χ4n) is 2.71. The highest BCUT2D eigenvalue weighted by atomic mass is 16.5. The van der Waals surface area contributed by atoms with Gasteiger partial charge in [-0.05, 0) is 49.3 Å². The quantitative estimate of drug-likeness (QED) is 0.871. The largest absolute Gasteiger partial charge is 0.490 e. The van der Waals surface area contributed by atoms with Gasteiger partial charge >= 0.3 is 0 Å². The Morgan fingerprint density at radius 3 is 2.61 bits per heavy atom. The van der Waals surface area contributed by atoms with Gasteiger partial charge in [0.1, 0.15) is 5.75 Å². The van der Waals surface area contributed by atoms with Gasteiger partial charge < -0.3 is 10.5 Å². The Morgan fingerprint density at radius 1 is 1.28 bits per heavy atom. The van der Waals surface area contributed by atoms with Gasteiger partial charge in [-0.2, -0.15) is 0 Å². The Hall–Kier alpha value is -1.02. The summed E-state index contributed by atoms with van der Waals surface area (Å²) in [5, 5.41) is 0. The second kappa shape index (κ2) is 6.24. The van der Waals surface area contributed by atoms with Crippen molar-refractivity contribution in [3.8, 4) is 5.75 Å². The Kier molecular flexibility index (Phi) is 4.65. The van der Waals surface area contributed by atoms with Crippen LogP contribution < -0.4 is 10.5 Å². The van der Waals surface area contributed by atoms with Crippen molar-refractivity contribution in [1.82, 2.24) is 0 Å². The lowest BCUT2D eigenvalue weighted by Crippen LogP contribution is -2.24. The zero-order valence-corrected chi connectivity index (χ0v) is 11.6. The number of rotatable bonds is 4. The molecule has 0 heterocycles. The molecule has 1 saturated carbocycles. The lowest BCUT2D eigenvalue weighted by molar-refractivity contribution is 0.129. The number of hydrogen-bond acceptors (Lipinski definition) is 2. The maximum Gasteiger partial charge on any atom is 0.119 e. The molecule has 0 radical (unpaired) electrons. The van der Waals surface area contributed by atoms with Crippen LogP contribution in [0.3, 0.4) is 0 Å². The second-order valence-corrected chi connectivity index (χ2v) is 5.60. The van der Waals surface area contributed by atoms with E-state index in [1.807, 2.05) is 0 Å². The van der Waals surface area contributed by atoms with Crippen LogP contribution in [0.15, 0.2) is 24.3 Å². The van der Waals surface area contributed by atoms with Gasteiger partial charge in [0.05, 0.1) is 6.10 Å². The first-order valence-electron chi connectivity index (χ1n) is 7.21. The Morgan fingerprint density at radius 2 is 2.00 bits per heavy atom. The van der Waals surface area contributed by atoms with E-state index in [1.165, 1.54) is 31.2 Å². The van der Waals surface area contributed by atoms with Gasteiger partial charge in [-0.1, -0.05) is 32.4 Å². The van der Waals surface area contributed by atoms with Gasteiger partial charge in [0, 0.05) is 6.04 Å². The molecule has 0 aliphatic heterocycles. The summed E-state index contributed by atoms with van der Waals surface area (Å²) >= 11 is 0. The van der Waals surface area contributed by atoms with Crippen molar-refractivity contribution >= 4 is 0 Å². The van der Waals surface area contributed by atoms with Gasteiger partial charge in [0.25, 0.3) is 0 Å². The van der Waals surface area contributed by atoms with Crippen LogP contribution in [0.4, 0.5) is 0 Å². The smallest absolute Gasteiger partial charge is 0.119 e. The predicted molar refractivity (Wildman–Crippen MR) is 75.7 cm³/mol. The first-order valence-corrected chi connectivity index (χ1v) is 7.21. The van der Waals surface area contributed by atoms with Gasteiger partial charge in [0.2, 0.25) is 0 Å². The summed E-state index contributed by atoms with van der Waals surface area (Å²) in [6.45, 7) is 4.43. The zero-order chi connectivity index (χ0) is 13.0. The van der Waals surface area contributed by atoms with Crippen LogP contribution in [0.2, 0.25) is 0 Å². The molecule has 0 bridgehead atoms. The third-order valence-corrected chi connectivity index (χ3v) is 3.94. The predicted octanol–water partition coefficient (Wildman–Crippen LogP) is 4.05. The van der Waals surface area contributed by atoms with Crippen molar-refractivity contribution in [1.29, 1.82) is 0 Å². The molecule has 1 aliphatic rings. The van der Waals surface area contributed by atoms with E-state index in [0.717, 1.165) is 18.1 Å². The summed E-state index contributed by atoms with van der Waals surface area (Å²) in [5.41, 5.74) is 7.20. The van der Waals surface area contributed by atoms with Crippen LogP contribution >= 0.6 is 0 Å². The Labute approximate surface area is 111 Å². The molecule has 1 aromatic carbocycles. The van der Waals surface area contributed by atoms with E-state index in [4.69, 9.17) is 10.5 Å². The molecule has 1 aliphatic carbocycles. The number of benzene rings is 1. The summed E-state index contributed by atoms with van der Waals surface area (Å²) < 4.78 is 6.05. The molecule has 2 rings (SSSR count). The maximum atomic E-state index is 6.05. The Balaban J connectivity index is 1.93. The van der Waals surface area contributed by atoms with E-state index in [9.17, 15) is 0 Å². The van der Waals surface area contributed by atoms with Crippen LogP contribution in [-0.2, 0) is 0 Å². The maximum absolute atomic E-state index is 6.05. The molecule has 3 atom stereocenters. The molecule has 0 saturated heterocycles. The minimum Gasteiger partial charge on any atom is -0.490 e. The topological polar surface area (TPSA) is 35.2 Å². The highest BCUT2D eigenvalue weighted by Crippen LogP contribution is 2.28. The van der Waals surface area contributed by atoms with Crippen LogP contribution in [0.1, 0.15) is 57.6 Å². The summed E-state index contributed by atoms with van der Waals surface area (Å²) in [4.78, 5) is 0. The summed E-state index contributed by atoms with van der Waals surface area (Å²) in [6.07, 6.45) is 6.41. The van der Waals surface area contributed by atoms with E-state index in [1.54, 1.807) is 0 Å². The molecule has 2 nitrogen and oxygen atoms in total. The number of nitrogens with two attached hydrogens (primary N) is 1. The van der Waals surface area contributed by atoms with Crippen LogP contribution in [0.25, 0.3) is 0 Å². The van der Waals surface area contributed by atoms with Crippen molar-refractivity contribution in [3.05, 3.63) is 29.8 Å². The molecule has 1 fully saturated rings. The van der Waals surface area contributed by atoms with E-state index in [2.05, 4.69) is 38.1 Å². The molecular weight excluding hydrogens is 222 g/mol. The number of ether oxygens (including phenoxy) is 1. The average Bonchev–Trinajstić information content (AvgIpc) is 2.39. The van der Waals surface area contributed by atoms with Crippen molar-refractivity contribution in [2.75, 3.05) is 0 Å². The van der Waals surface area contributed by atoms with Crippen LogP contribution in [0.5, 0.6) is 5.75 Å². The molecule has 1 aromatic rings. The van der Waals surface area contributed by atoms with Gasteiger partial charge in [0.15, 0.2) is 0 Å². The Bertz CT molecular complexity index is 360. The molecule has 0 spiro atoms. The molecular formula is C16H25NO. The van der Waals surface area contributed by atoms with Gasteiger partial charge in [-0.15, -0.1) is 0 Å². The lowest BCUT2D eigenvalue weighted by Gasteiger charge is -2.27. The van der Waals surface area contributed by atoms with Crippen molar-refractivity contribution in [2.24, 2.45) is 11.7 Å². The fourth-order valence-corrected chi connectivity index (χ4v) is 2.71. The molecule has 0 amide bonds. The summed E-state index contributed by atoms with van der Waals surface area (Å²) in [7, 11) is 0. The highest BCUT2D eigenvalue weighted by molar-refractivity contribution is 5.29. The van der Waals surface area contributed by atoms with Crippen LogP contribution in [-0.4, -0.2) is 6.10 Å². The van der Waals surface area contributed by atoms with E-state index < -0.39 is 0 Å². The van der Waals surface area contributed by atoms with Gasteiger partial charge in [-0.25, -0.2) is 0 Å². The molecule has 3 unspecified atom stereocenters. The first-order chi connectivity index (χ1) is 8.69. The standard InChI is InChI=1S/C16H25NO/c1-3-16(17)13-7-9-14(10-8-13)18-15-6-4-5-12(2)11-15/h7-10,12,15-16H,3-6,11,17H2,1-2H3. The van der Waals surface area contributed by atoms with E-state index >= 15 is 0 Å². The average molecular weight is 247 g/mol.